The van der Waals surface area contributed by atoms with Crippen LogP contribution < -0.4 is 0 Å². The quantitative estimate of drug-likeness (QED) is 0.133. The maximum atomic E-state index is 6.57. The Morgan fingerprint density at radius 1 is 0.167 bits per heavy atom. The lowest BCUT2D eigenvalue weighted by Crippen LogP contribution is -2.01. The van der Waals surface area contributed by atoms with Gasteiger partial charge in [0.1, 0.15) is 22.3 Å². The summed E-state index contributed by atoms with van der Waals surface area (Å²) < 4.78 is 22.6. The largest absolute Gasteiger partial charge is 0.455 e. The van der Waals surface area contributed by atoms with Crippen molar-refractivity contribution >= 4 is 131 Å². The van der Waals surface area contributed by atoms with Gasteiger partial charge in [0.05, 0.1) is 54.9 Å². The van der Waals surface area contributed by atoms with E-state index in [1.54, 1.807) is 0 Å². The van der Waals surface area contributed by atoms with Gasteiger partial charge in [-0.1, -0.05) is 243 Å². The molecular weight excluding hydrogens is 1400 g/mol. The van der Waals surface area contributed by atoms with E-state index in [1.165, 1.54) is 32.3 Å². The molecule has 0 fully saturated rings. The van der Waals surface area contributed by atoms with Crippen LogP contribution in [0.1, 0.15) is 0 Å². The summed E-state index contributed by atoms with van der Waals surface area (Å²) in [7, 11) is 0. The van der Waals surface area contributed by atoms with Crippen LogP contribution in [0.25, 0.3) is 222 Å². The topological polar surface area (TPSA) is 123 Å². The van der Waals surface area contributed by atoms with Crippen LogP contribution >= 0.6 is 0 Å². The lowest BCUT2D eigenvalue weighted by molar-refractivity contribution is 0.672. The maximum absolute atomic E-state index is 6.57. The van der Waals surface area contributed by atoms with Gasteiger partial charge in [-0.05, 0) is 133 Å². The van der Waals surface area contributed by atoms with Crippen molar-refractivity contribution in [3.63, 3.8) is 0 Å². The second-order valence-electron chi connectivity index (χ2n) is 28.9. The van der Waals surface area contributed by atoms with Gasteiger partial charge in [-0.3, -0.25) is 0 Å². The van der Waals surface area contributed by atoms with Crippen LogP contribution in [-0.4, -0.2) is 48.2 Å². The zero-order valence-corrected chi connectivity index (χ0v) is 61.1. The fraction of sp³-hybridized carbons (Fsp3) is 0. The van der Waals surface area contributed by atoms with Crippen LogP contribution in [-0.2, 0) is 0 Å². The lowest BCUT2D eigenvalue weighted by Gasteiger charge is -2.12. The maximum Gasteiger partial charge on any atom is 0.164 e. The summed E-state index contributed by atoms with van der Waals surface area (Å²) in [6.07, 6.45) is 0. The van der Waals surface area contributed by atoms with E-state index in [9.17, 15) is 0 Å². The molecule has 532 valence electrons. The summed E-state index contributed by atoms with van der Waals surface area (Å²) in [5.74, 6) is 3.82. The number of para-hydroxylation sites is 6. The van der Waals surface area contributed by atoms with Gasteiger partial charge in [0, 0.05) is 110 Å². The first-order valence-electron chi connectivity index (χ1n) is 38.2. The average Bonchev–Trinajstić information content (AvgIpc) is 1.56. The minimum Gasteiger partial charge on any atom is -0.455 e. The molecule has 0 saturated carbocycles. The fourth-order valence-corrected chi connectivity index (χ4v) is 17.2. The summed E-state index contributed by atoms with van der Waals surface area (Å²) in [5, 5.41) is 13.8. The van der Waals surface area contributed by atoms with Crippen molar-refractivity contribution < 1.29 is 8.83 Å². The minimum absolute atomic E-state index is 0.623. The third-order valence-corrected chi connectivity index (χ3v) is 22.3. The molecule has 0 N–H and O–H groups in total. The van der Waals surface area contributed by atoms with Crippen LogP contribution in [0.4, 0.5) is 0 Å². The number of rotatable bonds is 10. The smallest absolute Gasteiger partial charge is 0.164 e. The van der Waals surface area contributed by atoms with E-state index in [0.717, 1.165) is 155 Å². The number of aromatic nitrogens is 10. The summed E-state index contributed by atoms with van der Waals surface area (Å²) >= 11 is 0. The van der Waals surface area contributed by atoms with E-state index in [1.807, 2.05) is 146 Å². The third kappa shape index (κ3) is 10.4. The van der Waals surface area contributed by atoms with E-state index >= 15 is 0 Å². The Labute approximate surface area is 651 Å². The standard InChI is InChI=1S/2C51H31N5O/c1-3-14-32(15-4-1)49-52-50(33-16-5-2-6-17-33)54-51(53-49)34-18-13-19-35(30-34)55-42-23-10-7-20-37(42)41-31-36(26-28-44(41)55)56-43-24-11-8-22-40(43)47-45(56)29-27-39-38-21-9-12-25-46(38)57-48(39)47;1-3-13-32(14-4-1)49-52-50(33-15-5-2-6-16-33)54-51(53-49)34-23-25-35(26-24-34)55-42-20-10-7-17-37(42)41-31-36(27-29-44(41)55)56-43-21-11-8-19-40(43)47-45(56)30-28-39-38-18-9-12-22-46(38)57-48(39)47/h2*1-31H. The van der Waals surface area contributed by atoms with Crippen molar-refractivity contribution in [2.45, 2.75) is 0 Å². The molecule has 0 aliphatic carbocycles. The van der Waals surface area contributed by atoms with E-state index in [2.05, 4.69) is 249 Å². The van der Waals surface area contributed by atoms with Crippen LogP contribution in [0.3, 0.4) is 0 Å². The van der Waals surface area contributed by atoms with Gasteiger partial charge in [0.15, 0.2) is 34.9 Å². The molecule has 12 nitrogen and oxygen atoms in total. The molecule has 0 amide bonds. The molecule has 12 heteroatoms. The number of hydrogen-bond acceptors (Lipinski definition) is 8. The highest BCUT2D eigenvalue weighted by molar-refractivity contribution is 6.26. The van der Waals surface area contributed by atoms with Crippen molar-refractivity contribution in [1.29, 1.82) is 0 Å². The SMILES string of the molecule is c1ccc(-c2nc(-c3ccccc3)nc(-c3ccc(-n4c5ccccc5c5cc(-n6c7ccccc7c7c8oc9ccccc9c8ccc76)ccc54)cc3)n2)cc1.c1ccc(-c2nc(-c3ccccc3)nc(-c3cccc(-n4c5ccccc5c5cc(-n6c7ccccc7c7c8oc9ccccc9c8ccc76)ccc54)c3)n2)cc1. The highest BCUT2D eigenvalue weighted by Gasteiger charge is 2.25. The van der Waals surface area contributed by atoms with Gasteiger partial charge >= 0.3 is 0 Å². The number of fused-ring (bicyclic) bond motifs is 20. The van der Waals surface area contributed by atoms with Crippen LogP contribution in [0.2, 0.25) is 0 Å². The summed E-state index contributed by atoms with van der Waals surface area (Å²) in [6, 6.07) is 131. The highest BCUT2D eigenvalue weighted by Crippen LogP contribution is 2.45. The second-order valence-corrected chi connectivity index (χ2v) is 28.9. The molecule has 0 aliphatic heterocycles. The van der Waals surface area contributed by atoms with E-state index in [0.29, 0.717) is 34.9 Å². The number of nitrogens with zero attached hydrogens (tertiary/aromatic N) is 10. The Balaban J connectivity index is 0.000000135. The molecule has 0 aliphatic rings. The second kappa shape index (κ2) is 26.0. The number of furan rings is 2. The lowest BCUT2D eigenvalue weighted by atomic mass is 10.1. The van der Waals surface area contributed by atoms with Gasteiger partial charge < -0.3 is 27.1 Å². The first-order valence-corrected chi connectivity index (χ1v) is 38.2. The van der Waals surface area contributed by atoms with Crippen molar-refractivity contribution in [1.82, 2.24) is 48.2 Å². The Morgan fingerprint density at radius 3 is 0.860 bits per heavy atom. The Hall–Kier alpha value is -15.7. The molecule has 24 rings (SSSR count). The summed E-state index contributed by atoms with van der Waals surface area (Å²) in [6.45, 7) is 0. The van der Waals surface area contributed by atoms with Crippen molar-refractivity contribution in [3.8, 4) is 91.1 Å². The monoisotopic (exact) mass is 1460 g/mol. The van der Waals surface area contributed by atoms with Gasteiger partial charge in [-0.2, -0.15) is 0 Å². The molecule has 16 aromatic carbocycles. The van der Waals surface area contributed by atoms with Crippen LogP contribution in [0.15, 0.2) is 385 Å². The predicted molar refractivity (Wildman–Crippen MR) is 464 cm³/mol. The fourth-order valence-electron chi connectivity index (χ4n) is 17.2. The normalized spacial score (nSPS) is 11.9. The van der Waals surface area contributed by atoms with Crippen LogP contribution in [0, 0.1) is 0 Å². The summed E-state index contributed by atoms with van der Waals surface area (Å²) in [5.41, 5.74) is 22.6. The van der Waals surface area contributed by atoms with Crippen LogP contribution in [0.5, 0.6) is 0 Å². The molecule has 114 heavy (non-hydrogen) atoms. The molecule has 0 radical (unpaired) electrons. The molecule has 0 atom stereocenters. The molecule has 8 aromatic heterocycles. The van der Waals surface area contributed by atoms with Gasteiger partial charge in [0.2, 0.25) is 0 Å². The Kier molecular flexibility index (Phi) is 14.7. The first kappa shape index (κ1) is 64.3. The average molecular weight is 1460 g/mol. The Morgan fingerprint density at radius 2 is 0.447 bits per heavy atom. The first-order chi connectivity index (χ1) is 56.5. The van der Waals surface area contributed by atoms with E-state index < -0.39 is 0 Å². The molecule has 8 heterocycles. The van der Waals surface area contributed by atoms with Crippen molar-refractivity contribution in [2.75, 3.05) is 0 Å². The van der Waals surface area contributed by atoms with Crippen molar-refractivity contribution in [3.05, 3.63) is 376 Å². The number of benzene rings is 16. The zero-order valence-electron chi connectivity index (χ0n) is 61.1. The number of hydrogen-bond donors (Lipinski definition) is 0. The summed E-state index contributed by atoms with van der Waals surface area (Å²) in [4.78, 5) is 29.8. The van der Waals surface area contributed by atoms with Gasteiger partial charge in [0.25, 0.3) is 0 Å². The van der Waals surface area contributed by atoms with E-state index in [4.69, 9.17) is 38.7 Å². The molecule has 0 unspecified atom stereocenters. The predicted octanol–water partition coefficient (Wildman–Crippen LogP) is 25.9. The highest BCUT2D eigenvalue weighted by atomic mass is 16.3. The molecule has 0 bridgehead atoms. The minimum atomic E-state index is 0.623. The third-order valence-electron chi connectivity index (χ3n) is 22.3. The molecule has 0 saturated heterocycles. The van der Waals surface area contributed by atoms with Gasteiger partial charge in [-0.15, -0.1) is 0 Å². The van der Waals surface area contributed by atoms with Crippen molar-refractivity contribution in [2.24, 2.45) is 0 Å². The van der Waals surface area contributed by atoms with Gasteiger partial charge in [-0.25, -0.2) is 29.9 Å². The molecule has 24 aromatic rings. The van der Waals surface area contributed by atoms with E-state index in [-0.39, 0.29) is 0 Å². The molecular formula is C102H62N10O2. The molecule has 0 spiro atoms. The zero-order chi connectivity index (χ0) is 74.9. The Bertz CT molecular complexity index is 7860.